The summed E-state index contributed by atoms with van der Waals surface area (Å²) in [5.41, 5.74) is 1.22. The van der Waals surface area contributed by atoms with E-state index in [2.05, 4.69) is 30.3 Å². The van der Waals surface area contributed by atoms with Gasteiger partial charge in [-0.15, -0.1) is 0 Å². The minimum Gasteiger partial charge on any atom is -0.493 e. The first-order valence-corrected chi connectivity index (χ1v) is 7.31. The Labute approximate surface area is 122 Å². The summed E-state index contributed by atoms with van der Waals surface area (Å²) in [4.78, 5) is 2.44. The molecule has 0 aliphatic heterocycles. The fourth-order valence-electron chi connectivity index (χ4n) is 2.40. The van der Waals surface area contributed by atoms with E-state index in [9.17, 15) is 0 Å². The molecule has 112 valence electrons. The summed E-state index contributed by atoms with van der Waals surface area (Å²) < 4.78 is 10.6. The van der Waals surface area contributed by atoms with Gasteiger partial charge >= 0.3 is 0 Å². The highest BCUT2D eigenvalue weighted by molar-refractivity contribution is 5.43. The van der Waals surface area contributed by atoms with E-state index in [-0.39, 0.29) is 0 Å². The van der Waals surface area contributed by atoms with E-state index in [0.717, 1.165) is 30.6 Å². The van der Waals surface area contributed by atoms with Gasteiger partial charge in [-0.1, -0.05) is 6.07 Å². The van der Waals surface area contributed by atoms with Crippen molar-refractivity contribution >= 4 is 0 Å². The minimum absolute atomic E-state index is 0.308. The standard InChI is InChI=1S/C16H26N2O2/c1-12(17-9-10-18(2)14-6-7-14)13-5-8-15(19-3)16(11-13)20-4/h5,8,11-12,14,17H,6-7,9-10H2,1-4H3. The van der Waals surface area contributed by atoms with Gasteiger partial charge in [0.05, 0.1) is 14.2 Å². The minimum atomic E-state index is 0.308. The Bertz CT molecular complexity index is 432. The molecule has 0 amide bonds. The summed E-state index contributed by atoms with van der Waals surface area (Å²) in [6.45, 7) is 4.28. The second-order valence-corrected chi connectivity index (χ2v) is 5.50. The molecule has 1 aromatic carbocycles. The van der Waals surface area contributed by atoms with Crippen LogP contribution >= 0.6 is 0 Å². The third-order valence-electron chi connectivity index (χ3n) is 3.99. The van der Waals surface area contributed by atoms with Crippen molar-refractivity contribution in [1.29, 1.82) is 0 Å². The third-order valence-corrected chi connectivity index (χ3v) is 3.99. The van der Waals surface area contributed by atoms with Crippen LogP contribution in [-0.4, -0.2) is 45.3 Å². The summed E-state index contributed by atoms with van der Waals surface area (Å²) in [5, 5.41) is 3.56. The van der Waals surface area contributed by atoms with Crippen LogP contribution < -0.4 is 14.8 Å². The monoisotopic (exact) mass is 278 g/mol. The maximum absolute atomic E-state index is 5.35. The van der Waals surface area contributed by atoms with Gasteiger partial charge in [-0.25, -0.2) is 0 Å². The van der Waals surface area contributed by atoms with Crippen molar-refractivity contribution in [2.45, 2.75) is 31.8 Å². The largest absolute Gasteiger partial charge is 0.493 e. The van der Waals surface area contributed by atoms with Crippen LogP contribution in [0.1, 0.15) is 31.4 Å². The zero-order valence-corrected chi connectivity index (χ0v) is 13.0. The van der Waals surface area contributed by atoms with Gasteiger partial charge in [-0.05, 0) is 44.5 Å². The highest BCUT2D eigenvalue weighted by atomic mass is 16.5. The molecule has 0 spiro atoms. The molecule has 0 aromatic heterocycles. The molecule has 20 heavy (non-hydrogen) atoms. The van der Waals surface area contributed by atoms with Gasteiger partial charge in [0, 0.05) is 25.2 Å². The molecule has 1 atom stereocenters. The first-order chi connectivity index (χ1) is 9.65. The van der Waals surface area contributed by atoms with Crippen molar-refractivity contribution in [2.75, 3.05) is 34.4 Å². The Balaban J connectivity index is 1.86. The molecule has 1 aromatic rings. The SMILES string of the molecule is COc1ccc(C(C)NCCN(C)C2CC2)cc1OC. The predicted octanol–water partition coefficient (Wildman–Crippen LogP) is 2.45. The zero-order valence-electron chi connectivity index (χ0n) is 13.0. The van der Waals surface area contributed by atoms with Crippen molar-refractivity contribution < 1.29 is 9.47 Å². The molecule has 1 fully saturated rings. The molecule has 0 saturated heterocycles. The number of likely N-dealkylation sites (N-methyl/N-ethyl adjacent to an activating group) is 1. The van der Waals surface area contributed by atoms with Gasteiger partial charge in [0.1, 0.15) is 0 Å². The first kappa shape index (κ1) is 15.1. The summed E-state index contributed by atoms with van der Waals surface area (Å²) >= 11 is 0. The third kappa shape index (κ3) is 3.87. The lowest BCUT2D eigenvalue weighted by atomic mass is 10.1. The summed E-state index contributed by atoms with van der Waals surface area (Å²) in [6.07, 6.45) is 2.73. The van der Waals surface area contributed by atoms with Crippen LogP contribution in [0.3, 0.4) is 0 Å². The number of nitrogens with one attached hydrogen (secondary N) is 1. The van der Waals surface area contributed by atoms with Crippen molar-refractivity contribution in [2.24, 2.45) is 0 Å². The average molecular weight is 278 g/mol. The second-order valence-electron chi connectivity index (χ2n) is 5.50. The Morgan fingerprint density at radius 2 is 1.95 bits per heavy atom. The van der Waals surface area contributed by atoms with E-state index in [1.165, 1.54) is 18.4 Å². The summed E-state index contributed by atoms with van der Waals surface area (Å²) in [5.74, 6) is 1.56. The van der Waals surface area contributed by atoms with Crippen molar-refractivity contribution in [3.8, 4) is 11.5 Å². The van der Waals surface area contributed by atoms with E-state index >= 15 is 0 Å². The highest BCUT2D eigenvalue weighted by Gasteiger charge is 2.25. The number of benzene rings is 1. The topological polar surface area (TPSA) is 33.7 Å². The van der Waals surface area contributed by atoms with Crippen LogP contribution in [0, 0.1) is 0 Å². The normalized spacial score (nSPS) is 16.2. The number of methoxy groups -OCH3 is 2. The lowest BCUT2D eigenvalue weighted by Gasteiger charge is -2.20. The maximum Gasteiger partial charge on any atom is 0.161 e. The predicted molar refractivity (Wildman–Crippen MR) is 81.6 cm³/mol. The molecule has 1 aliphatic rings. The first-order valence-electron chi connectivity index (χ1n) is 7.31. The van der Waals surface area contributed by atoms with Gasteiger partial charge in [-0.2, -0.15) is 0 Å². The van der Waals surface area contributed by atoms with E-state index in [1.807, 2.05) is 12.1 Å². The Morgan fingerprint density at radius 1 is 1.25 bits per heavy atom. The van der Waals surface area contributed by atoms with Crippen LogP contribution in [0.2, 0.25) is 0 Å². The van der Waals surface area contributed by atoms with Gasteiger partial charge in [0.25, 0.3) is 0 Å². The summed E-state index contributed by atoms with van der Waals surface area (Å²) in [6, 6.07) is 7.23. The van der Waals surface area contributed by atoms with Crippen LogP contribution in [0.5, 0.6) is 11.5 Å². The smallest absolute Gasteiger partial charge is 0.161 e. The summed E-state index contributed by atoms with van der Waals surface area (Å²) in [7, 11) is 5.54. The van der Waals surface area contributed by atoms with Gasteiger partial charge < -0.3 is 19.7 Å². The molecular weight excluding hydrogens is 252 g/mol. The average Bonchev–Trinajstić information content (AvgIpc) is 3.30. The highest BCUT2D eigenvalue weighted by Crippen LogP contribution is 2.30. The fraction of sp³-hybridized carbons (Fsp3) is 0.625. The molecule has 2 rings (SSSR count). The maximum atomic E-state index is 5.35. The number of nitrogens with zero attached hydrogens (tertiary/aromatic N) is 1. The van der Waals surface area contributed by atoms with Crippen molar-refractivity contribution in [3.63, 3.8) is 0 Å². The number of hydrogen-bond acceptors (Lipinski definition) is 4. The van der Waals surface area contributed by atoms with Gasteiger partial charge in [0.15, 0.2) is 11.5 Å². The number of hydrogen-bond donors (Lipinski definition) is 1. The molecule has 1 saturated carbocycles. The number of rotatable bonds is 8. The van der Waals surface area contributed by atoms with Gasteiger partial charge in [-0.3, -0.25) is 0 Å². The molecule has 1 N–H and O–H groups in total. The molecule has 0 bridgehead atoms. The van der Waals surface area contributed by atoms with E-state index < -0.39 is 0 Å². The van der Waals surface area contributed by atoms with E-state index in [4.69, 9.17) is 9.47 Å². The molecule has 1 aliphatic carbocycles. The van der Waals surface area contributed by atoms with E-state index in [1.54, 1.807) is 14.2 Å². The van der Waals surface area contributed by atoms with Gasteiger partial charge in [0.2, 0.25) is 0 Å². The zero-order chi connectivity index (χ0) is 14.5. The van der Waals surface area contributed by atoms with Crippen LogP contribution in [0.4, 0.5) is 0 Å². The lowest BCUT2D eigenvalue weighted by molar-refractivity contribution is 0.316. The van der Waals surface area contributed by atoms with Crippen molar-refractivity contribution in [1.82, 2.24) is 10.2 Å². The van der Waals surface area contributed by atoms with Crippen LogP contribution in [0.25, 0.3) is 0 Å². The molecular formula is C16H26N2O2. The van der Waals surface area contributed by atoms with E-state index in [0.29, 0.717) is 6.04 Å². The number of ether oxygens (including phenoxy) is 2. The quantitative estimate of drug-likeness (QED) is 0.792. The van der Waals surface area contributed by atoms with Crippen LogP contribution in [-0.2, 0) is 0 Å². The molecule has 1 unspecified atom stereocenters. The van der Waals surface area contributed by atoms with Crippen LogP contribution in [0.15, 0.2) is 18.2 Å². The Kier molecular flexibility index (Phi) is 5.26. The molecule has 0 radical (unpaired) electrons. The second kappa shape index (κ2) is 6.95. The molecule has 4 heteroatoms. The van der Waals surface area contributed by atoms with Crippen molar-refractivity contribution in [3.05, 3.63) is 23.8 Å². The Morgan fingerprint density at radius 3 is 2.55 bits per heavy atom. The Hall–Kier alpha value is -1.26. The fourth-order valence-corrected chi connectivity index (χ4v) is 2.40. The molecule has 0 heterocycles. The molecule has 4 nitrogen and oxygen atoms in total. The lowest BCUT2D eigenvalue weighted by Crippen LogP contribution is -2.31.